The summed E-state index contributed by atoms with van der Waals surface area (Å²) in [6.07, 6.45) is 0.634. The zero-order valence-corrected chi connectivity index (χ0v) is 18.2. The largest absolute Gasteiger partial charge is 0.455 e. The van der Waals surface area contributed by atoms with Gasteiger partial charge in [0.15, 0.2) is 6.61 Å². The van der Waals surface area contributed by atoms with Crippen molar-refractivity contribution in [1.29, 1.82) is 0 Å². The summed E-state index contributed by atoms with van der Waals surface area (Å²) in [4.78, 5) is 24.4. The van der Waals surface area contributed by atoms with Crippen LogP contribution in [0.25, 0.3) is 0 Å². The molecule has 10 heteroatoms. The predicted octanol–water partition coefficient (Wildman–Crippen LogP) is 3.58. The van der Waals surface area contributed by atoms with Crippen LogP contribution in [-0.4, -0.2) is 44.3 Å². The Morgan fingerprint density at radius 2 is 1.67 bits per heavy atom. The lowest BCUT2D eigenvalue weighted by Crippen LogP contribution is -2.40. The van der Waals surface area contributed by atoms with E-state index in [-0.39, 0.29) is 18.0 Å². The number of ether oxygens (including phenoxy) is 1. The number of nitrogens with one attached hydrogen (secondary N) is 1. The van der Waals surface area contributed by atoms with Crippen molar-refractivity contribution in [3.63, 3.8) is 0 Å². The Morgan fingerprint density at radius 3 is 2.30 bits per heavy atom. The smallest absolute Gasteiger partial charge is 0.309 e. The number of halogens is 2. The number of hydrogen-bond acceptors (Lipinski definition) is 5. The van der Waals surface area contributed by atoms with E-state index >= 15 is 0 Å². The van der Waals surface area contributed by atoms with Crippen LogP contribution in [0.5, 0.6) is 0 Å². The highest BCUT2D eigenvalue weighted by Crippen LogP contribution is 2.25. The van der Waals surface area contributed by atoms with Gasteiger partial charge in [-0.1, -0.05) is 35.3 Å². The number of hydrogen-bond donors (Lipinski definition) is 1. The van der Waals surface area contributed by atoms with Crippen LogP contribution in [0.3, 0.4) is 0 Å². The van der Waals surface area contributed by atoms with E-state index in [0.717, 1.165) is 0 Å². The predicted molar refractivity (Wildman–Crippen MR) is 114 cm³/mol. The highest BCUT2D eigenvalue weighted by Gasteiger charge is 2.33. The molecule has 7 nitrogen and oxygen atoms in total. The third-order valence-corrected chi connectivity index (χ3v) is 7.23. The number of rotatable bonds is 6. The molecule has 160 valence electrons. The molecule has 1 saturated heterocycles. The highest BCUT2D eigenvalue weighted by atomic mass is 35.5. The summed E-state index contributed by atoms with van der Waals surface area (Å²) in [5, 5.41) is 3.41. The topological polar surface area (TPSA) is 92.8 Å². The number of carbonyl (C=O) groups excluding carboxylic acids is 2. The molecule has 0 unspecified atom stereocenters. The number of benzene rings is 2. The summed E-state index contributed by atoms with van der Waals surface area (Å²) in [7, 11) is -3.65. The van der Waals surface area contributed by atoms with Gasteiger partial charge in [0.25, 0.3) is 5.91 Å². The minimum absolute atomic E-state index is 0.157. The third-order valence-electron chi connectivity index (χ3n) is 4.73. The van der Waals surface area contributed by atoms with Crippen molar-refractivity contribution in [1.82, 2.24) is 4.31 Å². The van der Waals surface area contributed by atoms with Crippen LogP contribution >= 0.6 is 23.2 Å². The zero-order chi connectivity index (χ0) is 21.7. The molecule has 0 atom stereocenters. The van der Waals surface area contributed by atoms with Gasteiger partial charge in [-0.05, 0) is 49.2 Å². The van der Waals surface area contributed by atoms with Crippen molar-refractivity contribution in [3.05, 3.63) is 58.6 Å². The minimum atomic E-state index is -3.65. The lowest BCUT2D eigenvalue weighted by Gasteiger charge is -2.30. The van der Waals surface area contributed by atoms with Crippen molar-refractivity contribution >= 4 is 50.8 Å². The van der Waals surface area contributed by atoms with Crippen molar-refractivity contribution < 1.29 is 22.7 Å². The van der Waals surface area contributed by atoms with Gasteiger partial charge < -0.3 is 10.1 Å². The van der Waals surface area contributed by atoms with Gasteiger partial charge in [-0.15, -0.1) is 0 Å². The van der Waals surface area contributed by atoms with Crippen molar-refractivity contribution in [2.24, 2.45) is 5.92 Å². The van der Waals surface area contributed by atoms with E-state index in [1.54, 1.807) is 24.3 Å². The maximum atomic E-state index is 12.7. The third kappa shape index (κ3) is 5.51. The first-order valence-corrected chi connectivity index (χ1v) is 11.4. The van der Waals surface area contributed by atoms with Gasteiger partial charge in [0.1, 0.15) is 0 Å². The number of amides is 1. The van der Waals surface area contributed by atoms with Crippen LogP contribution in [0.2, 0.25) is 10.0 Å². The van der Waals surface area contributed by atoms with Crippen LogP contribution < -0.4 is 5.32 Å². The van der Waals surface area contributed by atoms with Gasteiger partial charge in [-0.2, -0.15) is 4.31 Å². The molecule has 1 aliphatic heterocycles. The van der Waals surface area contributed by atoms with Gasteiger partial charge in [0.2, 0.25) is 10.0 Å². The van der Waals surface area contributed by atoms with Gasteiger partial charge in [0.05, 0.1) is 21.5 Å². The number of para-hydroxylation sites is 1. The van der Waals surface area contributed by atoms with E-state index in [4.69, 9.17) is 27.9 Å². The van der Waals surface area contributed by atoms with Crippen LogP contribution in [0.15, 0.2) is 53.4 Å². The molecule has 1 aliphatic rings. The number of piperidine rings is 1. The first kappa shape index (κ1) is 22.6. The SMILES string of the molecule is O=C(COC(=O)C1CCN(S(=O)(=O)c2ccc(Cl)cc2)CC1)Nc1ccccc1Cl. The molecule has 1 fully saturated rings. The second kappa shape index (κ2) is 9.78. The molecule has 3 rings (SSSR count). The van der Waals surface area contributed by atoms with Crippen LogP contribution in [0, 0.1) is 5.92 Å². The summed E-state index contributed by atoms with van der Waals surface area (Å²) in [6, 6.07) is 12.7. The first-order chi connectivity index (χ1) is 14.3. The molecule has 2 aromatic carbocycles. The first-order valence-electron chi connectivity index (χ1n) is 9.24. The molecule has 0 bridgehead atoms. The summed E-state index contributed by atoms with van der Waals surface area (Å²) in [5.74, 6) is -1.48. The molecule has 0 saturated carbocycles. The average Bonchev–Trinajstić information content (AvgIpc) is 2.74. The fraction of sp³-hybridized carbons (Fsp3) is 0.300. The van der Waals surface area contributed by atoms with E-state index in [1.807, 2.05) is 0 Å². The molecule has 1 amide bonds. The lowest BCUT2D eigenvalue weighted by molar-refractivity contribution is -0.152. The molecule has 0 radical (unpaired) electrons. The number of sulfonamides is 1. The minimum Gasteiger partial charge on any atom is -0.455 e. The second-order valence-corrected chi connectivity index (χ2v) is 9.55. The number of nitrogens with zero attached hydrogens (tertiary/aromatic N) is 1. The Labute approximate surface area is 185 Å². The second-order valence-electron chi connectivity index (χ2n) is 6.77. The lowest BCUT2D eigenvalue weighted by atomic mass is 9.98. The molecular weight excluding hydrogens is 451 g/mol. The molecule has 0 aliphatic carbocycles. The van der Waals surface area contributed by atoms with Gasteiger partial charge in [0, 0.05) is 18.1 Å². The van der Waals surface area contributed by atoms with E-state index in [9.17, 15) is 18.0 Å². The molecule has 30 heavy (non-hydrogen) atoms. The quantitative estimate of drug-likeness (QED) is 0.651. The van der Waals surface area contributed by atoms with E-state index in [1.165, 1.54) is 28.6 Å². The average molecular weight is 471 g/mol. The highest BCUT2D eigenvalue weighted by molar-refractivity contribution is 7.89. The summed E-state index contributed by atoms with van der Waals surface area (Å²) in [5.41, 5.74) is 0.431. The fourth-order valence-electron chi connectivity index (χ4n) is 3.09. The normalized spacial score (nSPS) is 15.5. The number of esters is 1. The van der Waals surface area contributed by atoms with E-state index in [0.29, 0.717) is 28.6 Å². The molecule has 0 spiro atoms. The molecule has 1 heterocycles. The Hall–Kier alpha value is -2.13. The van der Waals surface area contributed by atoms with Gasteiger partial charge in [-0.25, -0.2) is 8.42 Å². The molecule has 2 aromatic rings. The standard InChI is InChI=1S/C20H20Cl2N2O5S/c21-15-5-7-16(8-6-15)30(27,28)24-11-9-14(10-12-24)20(26)29-13-19(25)23-18-4-2-1-3-17(18)22/h1-8,14H,9-13H2,(H,23,25). The summed E-state index contributed by atoms with van der Waals surface area (Å²) >= 11 is 11.8. The van der Waals surface area contributed by atoms with Crippen molar-refractivity contribution in [2.45, 2.75) is 17.7 Å². The van der Waals surface area contributed by atoms with Crippen molar-refractivity contribution in [3.8, 4) is 0 Å². The Balaban J connectivity index is 1.48. The van der Waals surface area contributed by atoms with Gasteiger partial charge >= 0.3 is 5.97 Å². The van der Waals surface area contributed by atoms with Crippen molar-refractivity contribution in [2.75, 3.05) is 25.0 Å². The molecular formula is C20H20Cl2N2O5S. The van der Waals surface area contributed by atoms with E-state index < -0.39 is 34.4 Å². The maximum Gasteiger partial charge on any atom is 0.309 e. The van der Waals surface area contributed by atoms with Gasteiger partial charge in [-0.3, -0.25) is 9.59 Å². The fourth-order valence-corrected chi connectivity index (χ4v) is 4.87. The summed E-state index contributed by atoms with van der Waals surface area (Å²) in [6.45, 7) is -0.0551. The van der Waals surface area contributed by atoms with Crippen LogP contribution in [-0.2, 0) is 24.3 Å². The van der Waals surface area contributed by atoms with Crippen LogP contribution in [0.1, 0.15) is 12.8 Å². The van der Waals surface area contributed by atoms with Crippen LogP contribution in [0.4, 0.5) is 5.69 Å². The van der Waals surface area contributed by atoms with E-state index in [2.05, 4.69) is 5.32 Å². The number of anilines is 1. The maximum absolute atomic E-state index is 12.7. The summed E-state index contributed by atoms with van der Waals surface area (Å²) < 4.78 is 31.8. The Kier molecular flexibility index (Phi) is 7.36. The zero-order valence-electron chi connectivity index (χ0n) is 15.9. The monoisotopic (exact) mass is 470 g/mol. The molecule has 0 aromatic heterocycles. The Morgan fingerprint density at radius 1 is 1.03 bits per heavy atom. The molecule has 1 N–H and O–H groups in total. The number of carbonyl (C=O) groups is 2. The Bertz CT molecular complexity index is 1020.